The van der Waals surface area contributed by atoms with E-state index in [-0.39, 0.29) is 0 Å². The van der Waals surface area contributed by atoms with Gasteiger partial charge in [0.25, 0.3) is 0 Å². The van der Waals surface area contributed by atoms with Gasteiger partial charge in [-0.1, -0.05) is 54.1 Å². The molecule has 0 saturated heterocycles. The molecule has 1 N–H and O–H groups in total. The molecule has 20 heavy (non-hydrogen) atoms. The van der Waals surface area contributed by atoms with Gasteiger partial charge in [-0.2, -0.15) is 0 Å². The maximum absolute atomic E-state index is 3.52. The van der Waals surface area contributed by atoms with Gasteiger partial charge in [0.15, 0.2) is 0 Å². The summed E-state index contributed by atoms with van der Waals surface area (Å²) in [5.41, 5.74) is 6.21. The van der Waals surface area contributed by atoms with E-state index in [0.29, 0.717) is 0 Å². The first-order valence-electron chi connectivity index (χ1n) is 6.89. The molecule has 0 saturated carbocycles. The zero-order valence-electron chi connectivity index (χ0n) is 11.4. The summed E-state index contributed by atoms with van der Waals surface area (Å²) in [5, 5.41) is 2.60. The number of nitrogens with one attached hydrogen (secondary N) is 1. The Morgan fingerprint density at radius 3 is 2.35 bits per heavy atom. The second-order valence-corrected chi connectivity index (χ2v) is 5.30. The van der Waals surface area contributed by atoms with Gasteiger partial charge < -0.3 is 4.98 Å². The van der Waals surface area contributed by atoms with E-state index < -0.39 is 0 Å². The summed E-state index contributed by atoms with van der Waals surface area (Å²) in [6, 6.07) is 23.7. The van der Waals surface area contributed by atoms with Crippen LogP contribution in [-0.2, 0) is 0 Å². The third-order valence-electron chi connectivity index (χ3n) is 3.86. The molecule has 0 fully saturated rings. The fraction of sp³-hybridized carbons (Fsp3) is 0.0526. The second kappa shape index (κ2) is 4.24. The van der Waals surface area contributed by atoms with Crippen LogP contribution in [0.25, 0.3) is 32.9 Å². The number of benzene rings is 3. The summed E-state index contributed by atoms with van der Waals surface area (Å²) >= 11 is 0. The SMILES string of the molecule is Cc1ccc2[nH]c3cc(-c4ccccc4)ccc3c2c1. The monoisotopic (exact) mass is 257 g/mol. The number of aromatic amines is 1. The smallest absolute Gasteiger partial charge is 0.0471 e. The van der Waals surface area contributed by atoms with Crippen LogP contribution in [0.3, 0.4) is 0 Å². The molecule has 1 nitrogen and oxygen atoms in total. The number of rotatable bonds is 1. The van der Waals surface area contributed by atoms with Crippen LogP contribution in [0, 0.1) is 6.92 Å². The van der Waals surface area contributed by atoms with Crippen LogP contribution in [0.1, 0.15) is 5.56 Å². The molecule has 4 rings (SSSR count). The van der Waals surface area contributed by atoms with Gasteiger partial charge in [-0.15, -0.1) is 0 Å². The third-order valence-corrected chi connectivity index (χ3v) is 3.86. The van der Waals surface area contributed by atoms with Crippen molar-refractivity contribution in [2.45, 2.75) is 6.92 Å². The van der Waals surface area contributed by atoms with Crippen LogP contribution in [0.5, 0.6) is 0 Å². The molecule has 0 aliphatic rings. The molecule has 1 heterocycles. The second-order valence-electron chi connectivity index (χ2n) is 5.30. The zero-order chi connectivity index (χ0) is 13.5. The summed E-state index contributed by atoms with van der Waals surface area (Å²) in [6.07, 6.45) is 0. The number of hydrogen-bond acceptors (Lipinski definition) is 0. The van der Waals surface area contributed by atoms with E-state index in [0.717, 1.165) is 0 Å². The highest BCUT2D eigenvalue weighted by atomic mass is 14.7. The Hall–Kier alpha value is -2.54. The van der Waals surface area contributed by atoms with Crippen molar-refractivity contribution in [2.75, 3.05) is 0 Å². The fourth-order valence-corrected chi connectivity index (χ4v) is 2.83. The van der Waals surface area contributed by atoms with E-state index in [1.165, 1.54) is 38.5 Å². The number of H-pyrrole nitrogens is 1. The van der Waals surface area contributed by atoms with Crippen LogP contribution >= 0.6 is 0 Å². The van der Waals surface area contributed by atoms with Crippen molar-refractivity contribution >= 4 is 21.8 Å². The maximum atomic E-state index is 3.52. The van der Waals surface area contributed by atoms with Crippen LogP contribution in [0.2, 0.25) is 0 Å². The molecule has 0 aliphatic heterocycles. The molecule has 4 aromatic rings. The van der Waals surface area contributed by atoms with E-state index in [2.05, 4.69) is 72.6 Å². The van der Waals surface area contributed by atoms with Crippen LogP contribution in [0.15, 0.2) is 66.7 Å². The first kappa shape index (κ1) is 11.3. The average molecular weight is 257 g/mol. The molecular formula is C19H15N. The standard InChI is InChI=1S/C19H15N/c1-13-7-10-18-17(11-13)16-9-8-15(12-19(16)20-18)14-5-3-2-4-6-14/h2-12,20H,1H3. The van der Waals surface area contributed by atoms with Crippen molar-refractivity contribution in [2.24, 2.45) is 0 Å². The lowest BCUT2D eigenvalue weighted by atomic mass is 10.0. The molecule has 1 aromatic heterocycles. The Morgan fingerprint density at radius 2 is 1.50 bits per heavy atom. The highest BCUT2D eigenvalue weighted by Gasteiger charge is 2.05. The first-order chi connectivity index (χ1) is 9.81. The van der Waals surface area contributed by atoms with Gasteiger partial charge in [0.05, 0.1) is 0 Å². The van der Waals surface area contributed by atoms with Gasteiger partial charge in [0.1, 0.15) is 0 Å². The molecular weight excluding hydrogens is 242 g/mol. The number of hydrogen-bond donors (Lipinski definition) is 1. The number of aromatic nitrogens is 1. The Labute approximate surface area is 117 Å². The minimum Gasteiger partial charge on any atom is -0.354 e. The van der Waals surface area contributed by atoms with Crippen molar-refractivity contribution in [3.63, 3.8) is 0 Å². The zero-order valence-corrected chi connectivity index (χ0v) is 11.4. The molecule has 0 aliphatic carbocycles. The topological polar surface area (TPSA) is 15.8 Å². The largest absolute Gasteiger partial charge is 0.354 e. The van der Waals surface area contributed by atoms with Crippen molar-refractivity contribution in [3.05, 3.63) is 72.3 Å². The summed E-state index contributed by atoms with van der Waals surface area (Å²) in [4.78, 5) is 3.52. The molecule has 96 valence electrons. The van der Waals surface area contributed by atoms with Gasteiger partial charge in [-0.3, -0.25) is 0 Å². The van der Waals surface area contributed by atoms with E-state index >= 15 is 0 Å². The van der Waals surface area contributed by atoms with E-state index in [4.69, 9.17) is 0 Å². The Bertz CT molecular complexity index is 901. The highest BCUT2D eigenvalue weighted by molar-refractivity contribution is 6.08. The van der Waals surface area contributed by atoms with Crippen LogP contribution in [-0.4, -0.2) is 4.98 Å². The minimum atomic E-state index is 1.20. The predicted molar refractivity (Wildman–Crippen MR) is 86.0 cm³/mol. The van der Waals surface area contributed by atoms with Crippen molar-refractivity contribution in [3.8, 4) is 11.1 Å². The van der Waals surface area contributed by atoms with Crippen molar-refractivity contribution in [1.29, 1.82) is 0 Å². The van der Waals surface area contributed by atoms with E-state index in [9.17, 15) is 0 Å². The molecule has 0 unspecified atom stereocenters. The van der Waals surface area contributed by atoms with E-state index in [1.807, 2.05) is 6.07 Å². The van der Waals surface area contributed by atoms with Gasteiger partial charge in [0, 0.05) is 21.8 Å². The normalized spacial score (nSPS) is 11.2. The molecule has 0 bridgehead atoms. The number of fused-ring (bicyclic) bond motifs is 3. The predicted octanol–water partition coefficient (Wildman–Crippen LogP) is 5.30. The Morgan fingerprint density at radius 1 is 0.650 bits per heavy atom. The maximum Gasteiger partial charge on any atom is 0.0471 e. The summed E-state index contributed by atoms with van der Waals surface area (Å²) in [7, 11) is 0. The van der Waals surface area contributed by atoms with Crippen molar-refractivity contribution < 1.29 is 0 Å². The molecule has 0 amide bonds. The van der Waals surface area contributed by atoms with Crippen molar-refractivity contribution in [1.82, 2.24) is 4.98 Å². The fourth-order valence-electron chi connectivity index (χ4n) is 2.83. The van der Waals surface area contributed by atoms with Crippen LogP contribution in [0.4, 0.5) is 0 Å². The third kappa shape index (κ3) is 1.71. The Balaban J connectivity index is 1.98. The quantitative estimate of drug-likeness (QED) is 0.476. The summed E-state index contributed by atoms with van der Waals surface area (Å²) in [6.45, 7) is 2.14. The van der Waals surface area contributed by atoms with Gasteiger partial charge in [0.2, 0.25) is 0 Å². The molecule has 0 spiro atoms. The first-order valence-corrected chi connectivity index (χ1v) is 6.89. The van der Waals surface area contributed by atoms with E-state index in [1.54, 1.807) is 0 Å². The summed E-state index contributed by atoms with van der Waals surface area (Å²) < 4.78 is 0. The van der Waals surface area contributed by atoms with Crippen LogP contribution < -0.4 is 0 Å². The average Bonchev–Trinajstić information content (AvgIpc) is 2.85. The Kier molecular flexibility index (Phi) is 2.40. The van der Waals surface area contributed by atoms with Gasteiger partial charge in [-0.25, -0.2) is 0 Å². The lowest BCUT2D eigenvalue weighted by Gasteiger charge is -2.01. The molecule has 3 aromatic carbocycles. The lowest BCUT2D eigenvalue weighted by Crippen LogP contribution is -1.77. The molecule has 1 heteroatoms. The lowest BCUT2D eigenvalue weighted by molar-refractivity contribution is 1.48. The molecule has 0 radical (unpaired) electrons. The van der Waals surface area contributed by atoms with Gasteiger partial charge in [-0.05, 0) is 36.2 Å². The number of aryl methyl sites for hydroxylation is 1. The molecule has 0 atom stereocenters. The minimum absolute atomic E-state index is 1.20. The summed E-state index contributed by atoms with van der Waals surface area (Å²) in [5.74, 6) is 0. The van der Waals surface area contributed by atoms with Gasteiger partial charge >= 0.3 is 0 Å². The highest BCUT2D eigenvalue weighted by Crippen LogP contribution is 2.30.